The van der Waals surface area contributed by atoms with Gasteiger partial charge in [0, 0.05) is 19.2 Å². The number of benzene rings is 1. The van der Waals surface area contributed by atoms with E-state index in [-0.39, 0.29) is 0 Å². The van der Waals surface area contributed by atoms with Gasteiger partial charge in [0.05, 0.1) is 13.7 Å². The van der Waals surface area contributed by atoms with Gasteiger partial charge in [0.15, 0.2) is 0 Å². The number of methoxy groups -OCH3 is 2. The molecule has 0 heterocycles. The van der Waals surface area contributed by atoms with Gasteiger partial charge in [0.25, 0.3) is 0 Å². The fourth-order valence-electron chi connectivity index (χ4n) is 1.39. The molecule has 0 saturated carbocycles. The van der Waals surface area contributed by atoms with Gasteiger partial charge in [-0.15, -0.1) is 0 Å². The molecule has 0 spiro atoms. The predicted molar refractivity (Wildman–Crippen MR) is 63.1 cm³/mol. The molecule has 1 rings (SSSR count). The minimum Gasteiger partial charge on any atom is -0.497 e. The van der Waals surface area contributed by atoms with Crippen molar-refractivity contribution >= 4 is 0 Å². The van der Waals surface area contributed by atoms with E-state index in [4.69, 9.17) is 14.2 Å². The van der Waals surface area contributed by atoms with Crippen molar-refractivity contribution in [3.63, 3.8) is 0 Å². The molecule has 4 nitrogen and oxygen atoms in total. The quantitative estimate of drug-likeness (QED) is 0.713. The van der Waals surface area contributed by atoms with Gasteiger partial charge in [-0.25, -0.2) is 0 Å². The molecule has 0 bridgehead atoms. The topological polar surface area (TPSA) is 39.7 Å². The van der Waals surface area contributed by atoms with Crippen LogP contribution in [0.1, 0.15) is 5.56 Å². The van der Waals surface area contributed by atoms with Gasteiger partial charge in [-0.05, 0) is 25.2 Å². The molecule has 0 fully saturated rings. The first-order valence-electron chi connectivity index (χ1n) is 5.25. The standard InChI is InChI=1S/C12H19NO3/c1-13-9-10-8-11(15-3)4-5-12(10)16-7-6-14-2/h4-5,8,13H,6-7,9H2,1-3H3. The lowest BCUT2D eigenvalue weighted by Gasteiger charge is -2.12. The molecule has 4 heteroatoms. The Kier molecular flexibility index (Phi) is 5.67. The summed E-state index contributed by atoms with van der Waals surface area (Å²) in [6.07, 6.45) is 0. The Hall–Kier alpha value is -1.26. The van der Waals surface area contributed by atoms with Crippen molar-refractivity contribution in [2.75, 3.05) is 34.5 Å². The Balaban J connectivity index is 2.72. The zero-order chi connectivity index (χ0) is 11.8. The third kappa shape index (κ3) is 3.72. The van der Waals surface area contributed by atoms with Crippen molar-refractivity contribution < 1.29 is 14.2 Å². The normalized spacial score (nSPS) is 10.2. The van der Waals surface area contributed by atoms with E-state index in [1.54, 1.807) is 14.2 Å². The van der Waals surface area contributed by atoms with Crippen LogP contribution in [0.4, 0.5) is 0 Å². The van der Waals surface area contributed by atoms with E-state index in [9.17, 15) is 0 Å². The molecule has 0 aliphatic rings. The van der Waals surface area contributed by atoms with Crippen LogP contribution in [0.15, 0.2) is 18.2 Å². The number of hydrogen-bond acceptors (Lipinski definition) is 4. The summed E-state index contributed by atoms with van der Waals surface area (Å²) < 4.78 is 15.7. The third-order valence-corrected chi connectivity index (χ3v) is 2.18. The first-order valence-corrected chi connectivity index (χ1v) is 5.25. The lowest BCUT2D eigenvalue weighted by Crippen LogP contribution is -2.10. The highest BCUT2D eigenvalue weighted by molar-refractivity contribution is 5.40. The van der Waals surface area contributed by atoms with Crippen LogP contribution in [0.5, 0.6) is 11.5 Å². The summed E-state index contributed by atoms with van der Waals surface area (Å²) >= 11 is 0. The van der Waals surface area contributed by atoms with Gasteiger partial charge >= 0.3 is 0 Å². The summed E-state index contributed by atoms with van der Waals surface area (Å²) in [7, 11) is 5.22. The molecular formula is C12H19NO3. The molecular weight excluding hydrogens is 206 g/mol. The molecule has 0 amide bonds. The molecule has 90 valence electrons. The van der Waals surface area contributed by atoms with Gasteiger partial charge in [-0.1, -0.05) is 0 Å². The molecule has 16 heavy (non-hydrogen) atoms. The average Bonchev–Trinajstić information content (AvgIpc) is 2.31. The SMILES string of the molecule is CNCc1cc(OC)ccc1OCCOC. The first kappa shape index (κ1) is 12.8. The van der Waals surface area contributed by atoms with Gasteiger partial charge in [0.1, 0.15) is 18.1 Å². The smallest absolute Gasteiger partial charge is 0.124 e. The van der Waals surface area contributed by atoms with Crippen LogP contribution in [0.25, 0.3) is 0 Å². The second-order valence-corrected chi connectivity index (χ2v) is 3.35. The van der Waals surface area contributed by atoms with Gasteiger partial charge in [-0.2, -0.15) is 0 Å². The van der Waals surface area contributed by atoms with E-state index < -0.39 is 0 Å². The van der Waals surface area contributed by atoms with Crippen LogP contribution in [-0.4, -0.2) is 34.5 Å². The van der Waals surface area contributed by atoms with Crippen LogP contribution < -0.4 is 14.8 Å². The maximum Gasteiger partial charge on any atom is 0.124 e. The molecule has 1 aromatic carbocycles. The van der Waals surface area contributed by atoms with Crippen molar-refractivity contribution in [2.45, 2.75) is 6.54 Å². The van der Waals surface area contributed by atoms with Crippen LogP contribution >= 0.6 is 0 Å². The van der Waals surface area contributed by atoms with Gasteiger partial charge < -0.3 is 19.5 Å². The van der Waals surface area contributed by atoms with Crippen molar-refractivity contribution in [3.8, 4) is 11.5 Å². The summed E-state index contributed by atoms with van der Waals surface area (Å²) in [5.41, 5.74) is 1.08. The van der Waals surface area contributed by atoms with Crippen LogP contribution in [0, 0.1) is 0 Å². The summed E-state index contributed by atoms with van der Waals surface area (Å²) in [6, 6.07) is 5.78. The number of hydrogen-bond donors (Lipinski definition) is 1. The summed E-state index contributed by atoms with van der Waals surface area (Å²) in [6.45, 7) is 1.89. The highest BCUT2D eigenvalue weighted by Crippen LogP contribution is 2.23. The van der Waals surface area contributed by atoms with E-state index in [1.807, 2.05) is 25.2 Å². The van der Waals surface area contributed by atoms with E-state index in [1.165, 1.54) is 0 Å². The minimum atomic E-state index is 0.555. The van der Waals surface area contributed by atoms with Gasteiger partial charge in [-0.3, -0.25) is 0 Å². The number of ether oxygens (including phenoxy) is 3. The van der Waals surface area contributed by atoms with E-state index in [0.717, 1.165) is 23.6 Å². The van der Waals surface area contributed by atoms with E-state index in [2.05, 4.69) is 5.32 Å². The third-order valence-electron chi connectivity index (χ3n) is 2.18. The molecule has 0 radical (unpaired) electrons. The molecule has 0 aromatic heterocycles. The van der Waals surface area contributed by atoms with Crippen molar-refractivity contribution in [2.24, 2.45) is 0 Å². The zero-order valence-corrected chi connectivity index (χ0v) is 10.1. The molecule has 0 unspecified atom stereocenters. The summed E-state index contributed by atoms with van der Waals surface area (Å²) in [5.74, 6) is 1.71. The molecule has 0 saturated heterocycles. The fraction of sp³-hybridized carbons (Fsp3) is 0.500. The minimum absolute atomic E-state index is 0.555. The lowest BCUT2D eigenvalue weighted by molar-refractivity contribution is 0.145. The second-order valence-electron chi connectivity index (χ2n) is 3.35. The van der Waals surface area contributed by atoms with Crippen molar-refractivity contribution in [1.82, 2.24) is 5.32 Å². The largest absolute Gasteiger partial charge is 0.497 e. The molecule has 0 atom stereocenters. The van der Waals surface area contributed by atoms with Crippen molar-refractivity contribution in [1.29, 1.82) is 0 Å². The summed E-state index contributed by atoms with van der Waals surface area (Å²) in [4.78, 5) is 0. The highest BCUT2D eigenvalue weighted by Gasteiger charge is 2.04. The lowest BCUT2D eigenvalue weighted by atomic mass is 10.2. The molecule has 1 aromatic rings. The van der Waals surface area contributed by atoms with Crippen LogP contribution in [-0.2, 0) is 11.3 Å². The Morgan fingerprint density at radius 2 is 2.00 bits per heavy atom. The van der Waals surface area contributed by atoms with Crippen molar-refractivity contribution in [3.05, 3.63) is 23.8 Å². The fourth-order valence-corrected chi connectivity index (χ4v) is 1.39. The van der Waals surface area contributed by atoms with Gasteiger partial charge in [0.2, 0.25) is 0 Å². The second kappa shape index (κ2) is 7.09. The predicted octanol–water partition coefficient (Wildman–Crippen LogP) is 1.44. The molecule has 1 N–H and O–H groups in total. The first-order chi connectivity index (χ1) is 7.81. The Morgan fingerprint density at radius 3 is 2.62 bits per heavy atom. The zero-order valence-electron chi connectivity index (χ0n) is 10.1. The monoisotopic (exact) mass is 225 g/mol. The number of rotatable bonds is 7. The van der Waals surface area contributed by atoms with Crippen LogP contribution in [0.3, 0.4) is 0 Å². The highest BCUT2D eigenvalue weighted by atomic mass is 16.5. The maximum atomic E-state index is 5.61. The molecule has 0 aliphatic heterocycles. The maximum absolute atomic E-state index is 5.61. The Labute approximate surface area is 96.5 Å². The van der Waals surface area contributed by atoms with Crippen LogP contribution in [0.2, 0.25) is 0 Å². The van der Waals surface area contributed by atoms with E-state index in [0.29, 0.717) is 13.2 Å². The van der Waals surface area contributed by atoms with E-state index >= 15 is 0 Å². The Bertz CT molecular complexity index is 315. The average molecular weight is 225 g/mol. The number of nitrogens with one attached hydrogen (secondary N) is 1. The summed E-state index contributed by atoms with van der Waals surface area (Å²) in [5, 5.41) is 3.10. The Morgan fingerprint density at radius 1 is 1.19 bits per heavy atom. The molecule has 0 aliphatic carbocycles.